The van der Waals surface area contributed by atoms with Gasteiger partial charge in [-0.1, -0.05) is 12.2 Å². The molecule has 0 aromatic heterocycles. The molecule has 4 heteroatoms. The Kier molecular flexibility index (Phi) is 3.92. The molecule has 0 aliphatic carbocycles. The van der Waals surface area contributed by atoms with Crippen molar-refractivity contribution in [2.24, 2.45) is 0 Å². The molecule has 0 aromatic rings. The molecule has 4 nitrogen and oxygen atoms in total. The highest BCUT2D eigenvalue weighted by atomic mass is 16.5. The van der Waals surface area contributed by atoms with Crippen LogP contribution >= 0.6 is 0 Å². The molecule has 0 saturated heterocycles. The normalized spacial score (nSPS) is 11.0. The van der Waals surface area contributed by atoms with Gasteiger partial charge >= 0.3 is 5.97 Å². The summed E-state index contributed by atoms with van der Waals surface area (Å²) in [5.41, 5.74) is 0.439. The maximum absolute atomic E-state index is 10.7. The van der Waals surface area contributed by atoms with Crippen LogP contribution in [-0.2, 0) is 9.53 Å². The lowest BCUT2D eigenvalue weighted by Crippen LogP contribution is -2.23. The van der Waals surface area contributed by atoms with Crippen LogP contribution in [0.4, 0.5) is 0 Å². The Balaban J connectivity index is 3.83. The molecular weight excluding hydrogens is 160 g/mol. The zero-order chi connectivity index (χ0) is 9.78. The van der Waals surface area contributed by atoms with E-state index >= 15 is 0 Å². The van der Waals surface area contributed by atoms with Gasteiger partial charge in [-0.25, -0.2) is 0 Å². The largest absolute Gasteiger partial charge is 0.469 e. The first kappa shape index (κ1) is 11.1. The van der Waals surface area contributed by atoms with Gasteiger partial charge < -0.3 is 14.9 Å². The van der Waals surface area contributed by atoms with E-state index in [0.717, 1.165) is 0 Å². The third kappa shape index (κ3) is 5.88. The fourth-order valence-electron chi connectivity index (χ4n) is 0.812. The Hall–Kier alpha value is -0.870. The molecule has 0 bridgehead atoms. The van der Waals surface area contributed by atoms with Crippen LogP contribution in [0.2, 0.25) is 0 Å². The molecule has 0 saturated carbocycles. The van der Waals surface area contributed by atoms with E-state index in [4.69, 9.17) is 10.2 Å². The molecular formula is C8H14O4. The van der Waals surface area contributed by atoms with Crippen LogP contribution in [-0.4, -0.2) is 29.1 Å². The lowest BCUT2D eigenvalue weighted by atomic mass is 10.1. The molecule has 12 heavy (non-hydrogen) atoms. The average Bonchev–Trinajstić information content (AvgIpc) is 1.82. The van der Waals surface area contributed by atoms with Crippen molar-refractivity contribution in [2.75, 3.05) is 7.11 Å². The van der Waals surface area contributed by atoms with Gasteiger partial charge in [0.25, 0.3) is 0 Å². The topological polar surface area (TPSA) is 66.8 Å². The van der Waals surface area contributed by atoms with Crippen LogP contribution in [0.5, 0.6) is 0 Å². The van der Waals surface area contributed by atoms with Crippen molar-refractivity contribution < 1.29 is 19.7 Å². The highest BCUT2D eigenvalue weighted by Gasteiger charge is 2.17. The van der Waals surface area contributed by atoms with Gasteiger partial charge in [-0.05, 0) is 6.92 Å². The Labute approximate surface area is 71.5 Å². The minimum atomic E-state index is -1.80. The van der Waals surface area contributed by atoms with Crippen LogP contribution in [0, 0.1) is 0 Å². The highest BCUT2D eigenvalue weighted by Crippen LogP contribution is 2.14. The first-order chi connectivity index (χ1) is 5.35. The smallest absolute Gasteiger partial charge is 0.309 e. The standard InChI is InChI=1S/C8H14O4/c1-6(4-7(9)12-3)5-8(2,10)11/h10-11H,1,4-5H2,2-3H3. The number of rotatable bonds is 4. The van der Waals surface area contributed by atoms with Crippen molar-refractivity contribution in [1.82, 2.24) is 0 Å². The van der Waals surface area contributed by atoms with E-state index in [1.807, 2.05) is 0 Å². The Morgan fingerprint density at radius 3 is 2.42 bits per heavy atom. The van der Waals surface area contributed by atoms with Crippen molar-refractivity contribution in [3.63, 3.8) is 0 Å². The van der Waals surface area contributed by atoms with E-state index in [0.29, 0.717) is 5.57 Å². The lowest BCUT2D eigenvalue weighted by molar-refractivity contribution is -0.145. The van der Waals surface area contributed by atoms with Crippen LogP contribution in [0.25, 0.3) is 0 Å². The van der Waals surface area contributed by atoms with Crippen LogP contribution < -0.4 is 0 Å². The predicted octanol–water partition coefficient (Wildman–Crippen LogP) is 0.197. The molecule has 0 radical (unpaired) electrons. The number of carbonyl (C=O) groups excluding carboxylic acids is 1. The number of methoxy groups -OCH3 is 1. The lowest BCUT2D eigenvalue weighted by Gasteiger charge is -2.16. The Morgan fingerprint density at radius 1 is 1.58 bits per heavy atom. The van der Waals surface area contributed by atoms with Crippen molar-refractivity contribution in [3.8, 4) is 0 Å². The summed E-state index contributed by atoms with van der Waals surface area (Å²) in [6.07, 6.45) is -0.00465. The minimum absolute atomic E-state index is 0.0210. The number of hydrogen-bond acceptors (Lipinski definition) is 4. The second-order valence-electron chi connectivity index (χ2n) is 2.90. The Morgan fingerprint density at radius 2 is 2.08 bits per heavy atom. The van der Waals surface area contributed by atoms with E-state index < -0.39 is 11.8 Å². The van der Waals surface area contributed by atoms with E-state index in [1.165, 1.54) is 14.0 Å². The molecule has 70 valence electrons. The molecule has 0 fully saturated rings. The van der Waals surface area contributed by atoms with Crippen molar-refractivity contribution >= 4 is 5.97 Å². The number of carbonyl (C=O) groups is 1. The van der Waals surface area contributed by atoms with Crippen LogP contribution in [0.15, 0.2) is 12.2 Å². The first-order valence-electron chi connectivity index (χ1n) is 3.53. The molecule has 0 aromatic carbocycles. The van der Waals surface area contributed by atoms with Gasteiger partial charge in [-0.15, -0.1) is 0 Å². The van der Waals surface area contributed by atoms with E-state index in [9.17, 15) is 4.79 Å². The molecule has 0 atom stereocenters. The quantitative estimate of drug-likeness (QED) is 0.363. The van der Waals surface area contributed by atoms with Gasteiger partial charge in [-0.3, -0.25) is 4.79 Å². The van der Waals surface area contributed by atoms with Gasteiger partial charge in [-0.2, -0.15) is 0 Å². The fourth-order valence-corrected chi connectivity index (χ4v) is 0.812. The summed E-state index contributed by atoms with van der Waals surface area (Å²) in [6.45, 7) is 4.74. The minimum Gasteiger partial charge on any atom is -0.469 e. The SMILES string of the molecule is C=C(CC(=O)OC)CC(C)(O)O. The zero-order valence-corrected chi connectivity index (χ0v) is 7.33. The molecule has 0 aliphatic heterocycles. The van der Waals surface area contributed by atoms with Gasteiger partial charge in [0, 0.05) is 6.42 Å². The summed E-state index contributed by atoms with van der Waals surface area (Å²) < 4.78 is 4.37. The van der Waals surface area contributed by atoms with E-state index in [2.05, 4.69) is 11.3 Å². The maximum atomic E-state index is 10.7. The molecule has 2 N–H and O–H groups in total. The summed E-state index contributed by atoms with van der Waals surface area (Å²) in [7, 11) is 1.27. The number of aliphatic hydroxyl groups is 2. The van der Waals surface area contributed by atoms with Gasteiger partial charge in [0.1, 0.15) is 0 Å². The Bertz CT molecular complexity index is 178. The molecule has 0 aliphatic rings. The summed E-state index contributed by atoms with van der Waals surface area (Å²) in [6, 6.07) is 0. The molecule has 0 heterocycles. The van der Waals surface area contributed by atoms with Crippen LogP contribution in [0.1, 0.15) is 19.8 Å². The number of hydrogen-bond donors (Lipinski definition) is 2. The summed E-state index contributed by atoms with van der Waals surface area (Å²) in [5, 5.41) is 17.8. The van der Waals surface area contributed by atoms with Crippen molar-refractivity contribution in [2.45, 2.75) is 25.6 Å². The predicted molar refractivity (Wildman–Crippen MR) is 43.2 cm³/mol. The van der Waals surface area contributed by atoms with E-state index in [1.54, 1.807) is 0 Å². The van der Waals surface area contributed by atoms with E-state index in [-0.39, 0.29) is 12.8 Å². The average molecular weight is 174 g/mol. The van der Waals surface area contributed by atoms with Gasteiger partial charge in [0.15, 0.2) is 5.79 Å². The zero-order valence-electron chi connectivity index (χ0n) is 7.33. The molecule has 0 amide bonds. The van der Waals surface area contributed by atoms with Crippen molar-refractivity contribution in [1.29, 1.82) is 0 Å². The summed E-state index contributed by atoms with van der Waals surface area (Å²) in [4.78, 5) is 10.7. The fraction of sp³-hybridized carbons (Fsp3) is 0.625. The van der Waals surface area contributed by atoms with Crippen LogP contribution in [0.3, 0.4) is 0 Å². The second kappa shape index (κ2) is 4.23. The first-order valence-corrected chi connectivity index (χ1v) is 3.53. The maximum Gasteiger partial charge on any atom is 0.309 e. The van der Waals surface area contributed by atoms with Crippen molar-refractivity contribution in [3.05, 3.63) is 12.2 Å². The summed E-state index contributed by atoms with van der Waals surface area (Å²) in [5.74, 6) is -2.23. The summed E-state index contributed by atoms with van der Waals surface area (Å²) >= 11 is 0. The van der Waals surface area contributed by atoms with Gasteiger partial charge in [0.2, 0.25) is 0 Å². The number of ether oxygens (including phenoxy) is 1. The second-order valence-corrected chi connectivity index (χ2v) is 2.90. The third-order valence-corrected chi connectivity index (χ3v) is 1.21. The van der Waals surface area contributed by atoms with Gasteiger partial charge in [0.05, 0.1) is 13.5 Å². The monoisotopic (exact) mass is 174 g/mol. The molecule has 0 unspecified atom stereocenters. The number of esters is 1. The highest BCUT2D eigenvalue weighted by molar-refractivity contribution is 5.72. The third-order valence-electron chi connectivity index (χ3n) is 1.21. The molecule has 0 spiro atoms. The molecule has 0 rings (SSSR count).